The SMILES string of the molecule is CCOCC.CC[OH+]CC.O=C1O[P-]23(OC1=O)(OC(=O)C(=O)O2)OC(=O)C(=O)O3. The summed E-state index contributed by atoms with van der Waals surface area (Å²) in [4.78, 5) is 66.5. The Morgan fingerprint density at radius 3 is 0.931 bits per heavy atom. The molecule has 0 saturated carbocycles. The van der Waals surface area contributed by atoms with Crippen molar-refractivity contribution in [2.24, 2.45) is 0 Å². The Morgan fingerprint density at radius 1 is 0.586 bits per heavy atom. The fourth-order valence-electron chi connectivity index (χ4n) is 1.95. The van der Waals surface area contributed by atoms with Gasteiger partial charge in [-0.2, -0.15) is 0 Å². The van der Waals surface area contributed by atoms with Crippen LogP contribution in [0.25, 0.3) is 0 Å². The van der Waals surface area contributed by atoms with Crippen molar-refractivity contribution in [3.05, 3.63) is 0 Å². The third-order valence-corrected chi connectivity index (χ3v) is 6.20. The number of aliphatic hydroxyl groups is 2. The normalized spacial score (nSPS) is 24.0. The molecule has 29 heavy (non-hydrogen) atoms. The monoisotopic (exact) mass is 444 g/mol. The first kappa shape index (κ1) is 24.2. The maximum atomic E-state index is 11.1. The zero-order chi connectivity index (χ0) is 22.4. The quantitative estimate of drug-likeness (QED) is 0.307. The van der Waals surface area contributed by atoms with Crippen LogP contribution in [0.5, 0.6) is 0 Å². The van der Waals surface area contributed by atoms with Gasteiger partial charge in [0, 0.05) is 27.1 Å². The van der Waals surface area contributed by atoms with Crippen LogP contribution in [0.2, 0.25) is 0 Å². The zero-order valence-electron chi connectivity index (χ0n) is 16.0. The molecule has 3 saturated heterocycles. The van der Waals surface area contributed by atoms with E-state index in [4.69, 9.17) is 4.74 Å². The van der Waals surface area contributed by atoms with E-state index >= 15 is 0 Å². The second kappa shape index (κ2) is 8.27. The second-order valence-electron chi connectivity index (χ2n) is 5.03. The third kappa shape index (κ3) is 4.44. The Labute approximate surface area is 163 Å². The van der Waals surface area contributed by atoms with Crippen LogP contribution in [0, 0.1) is 0 Å². The van der Waals surface area contributed by atoms with Crippen molar-refractivity contribution < 1.29 is 65.4 Å². The molecule has 3 heterocycles. The van der Waals surface area contributed by atoms with Gasteiger partial charge in [0.1, 0.15) is 13.2 Å². The zero-order valence-corrected chi connectivity index (χ0v) is 16.9. The average Bonchev–Trinajstić information content (AvgIpc) is 3.08. The second-order valence-corrected chi connectivity index (χ2v) is 8.36. The van der Waals surface area contributed by atoms with Gasteiger partial charge in [0.25, 0.3) is 0 Å². The molecular formula is C14H21O14P. The van der Waals surface area contributed by atoms with Crippen LogP contribution in [0.15, 0.2) is 0 Å². The van der Waals surface area contributed by atoms with Gasteiger partial charge in [0.2, 0.25) is 0 Å². The van der Waals surface area contributed by atoms with E-state index in [9.17, 15) is 28.8 Å². The molecule has 14 nitrogen and oxygen atoms in total. The molecule has 0 aliphatic carbocycles. The van der Waals surface area contributed by atoms with Crippen molar-refractivity contribution in [3.63, 3.8) is 0 Å². The van der Waals surface area contributed by atoms with Crippen molar-refractivity contribution >= 4 is 43.1 Å². The number of carbonyl (C=O) groups is 6. The Kier molecular flexibility index (Phi) is 6.90. The van der Waals surface area contributed by atoms with Crippen molar-refractivity contribution in [2.45, 2.75) is 27.7 Å². The van der Waals surface area contributed by atoms with Crippen molar-refractivity contribution in [3.8, 4) is 0 Å². The number of ether oxygens (including phenoxy) is 2. The van der Waals surface area contributed by atoms with Crippen LogP contribution in [-0.2, 0) is 60.6 Å². The van der Waals surface area contributed by atoms with Gasteiger partial charge in [-0.15, -0.1) is 0 Å². The van der Waals surface area contributed by atoms with E-state index in [0.717, 1.165) is 26.4 Å². The van der Waals surface area contributed by atoms with Gasteiger partial charge in [0.15, 0.2) is 0 Å². The summed E-state index contributed by atoms with van der Waals surface area (Å²) in [6.45, 7) is 11.7. The number of hydrogen-bond acceptors (Lipinski definition) is 13. The Bertz CT molecular complexity index is 586. The van der Waals surface area contributed by atoms with E-state index < -0.39 is 43.1 Å². The Hall–Kier alpha value is -2.83. The van der Waals surface area contributed by atoms with Crippen LogP contribution >= 0.6 is 7.31 Å². The molecular weight excluding hydrogens is 423 g/mol. The summed E-state index contributed by atoms with van der Waals surface area (Å²) >= 11 is 0. The predicted octanol–water partition coefficient (Wildman–Crippen LogP) is -0.538. The summed E-state index contributed by atoms with van der Waals surface area (Å²) in [5.41, 5.74) is 0. The standard InChI is InChI=1S/C6O12P.2C4H10O/c7-1-2(8)14-19(13-1,15-3(9)4(10)16-19)17-5(11)6(12)18-19;2*1-3-5-4-2/h;2*3-4H2,1-2H3/q-1;;/p+1. The fourth-order valence-corrected chi connectivity index (χ4v) is 4.98. The van der Waals surface area contributed by atoms with Crippen LogP contribution in [-0.4, -0.2) is 67.0 Å². The van der Waals surface area contributed by atoms with Gasteiger partial charge in [-0.05, 0) is 13.8 Å². The summed E-state index contributed by atoms with van der Waals surface area (Å²) in [5, 5.41) is 0. The van der Waals surface area contributed by atoms with Crippen molar-refractivity contribution in [2.75, 3.05) is 26.4 Å². The molecule has 0 bridgehead atoms. The molecule has 3 aliphatic heterocycles. The first-order valence-electron chi connectivity index (χ1n) is 8.33. The van der Waals surface area contributed by atoms with Gasteiger partial charge >= 0.3 is 99.0 Å². The summed E-state index contributed by atoms with van der Waals surface area (Å²) in [6.07, 6.45) is 0. The maximum absolute atomic E-state index is 11.1. The molecule has 3 fully saturated rings. The van der Waals surface area contributed by atoms with E-state index in [0.29, 0.717) is 0 Å². The molecule has 3 aliphatic rings. The molecule has 1 N–H and O–H groups in total. The molecule has 0 amide bonds. The minimum atomic E-state index is -7.08. The number of hydrogen-bond donors (Lipinski definition) is 0. The summed E-state index contributed by atoms with van der Waals surface area (Å²) in [6, 6.07) is 0. The molecule has 166 valence electrons. The van der Waals surface area contributed by atoms with Crippen LogP contribution < -0.4 is 0 Å². The van der Waals surface area contributed by atoms with E-state index in [1.165, 1.54) is 0 Å². The molecule has 0 aromatic rings. The van der Waals surface area contributed by atoms with Crippen LogP contribution in [0.3, 0.4) is 0 Å². The van der Waals surface area contributed by atoms with Crippen molar-refractivity contribution in [1.29, 1.82) is 0 Å². The molecule has 15 heteroatoms. The van der Waals surface area contributed by atoms with Gasteiger partial charge in [-0.3, -0.25) is 0 Å². The van der Waals surface area contributed by atoms with Gasteiger partial charge in [-0.25, -0.2) is 0 Å². The van der Waals surface area contributed by atoms with E-state index in [-0.39, 0.29) is 0 Å². The number of carbonyl (C=O) groups excluding carboxylic acids is 6. The number of rotatable bonds is 4. The van der Waals surface area contributed by atoms with Gasteiger partial charge in [-0.1, -0.05) is 0 Å². The average molecular weight is 444 g/mol. The summed E-state index contributed by atoms with van der Waals surface area (Å²) in [7, 11) is -7.08. The first-order chi connectivity index (χ1) is 13.5. The van der Waals surface area contributed by atoms with E-state index in [2.05, 4.69) is 31.9 Å². The molecule has 0 aromatic heterocycles. The van der Waals surface area contributed by atoms with Crippen molar-refractivity contribution in [1.82, 2.24) is 0 Å². The summed E-state index contributed by atoms with van der Waals surface area (Å²) < 4.78 is 34.0. The third-order valence-electron chi connectivity index (χ3n) is 2.97. The Balaban J connectivity index is 0.000000353. The fraction of sp³-hybridized carbons (Fsp3) is 0.571. The summed E-state index contributed by atoms with van der Waals surface area (Å²) in [5.74, 6) is -11.1. The molecule has 0 atom stereocenters. The molecule has 0 aromatic carbocycles. The van der Waals surface area contributed by atoms with Crippen LogP contribution in [0.4, 0.5) is 0 Å². The molecule has 0 unspecified atom stereocenters. The van der Waals surface area contributed by atoms with Gasteiger partial charge in [0.05, 0.1) is 0 Å². The molecule has 0 radical (unpaired) electrons. The Morgan fingerprint density at radius 2 is 0.828 bits per heavy atom. The van der Waals surface area contributed by atoms with Gasteiger partial charge < -0.3 is 9.47 Å². The predicted molar refractivity (Wildman–Crippen MR) is 88.9 cm³/mol. The van der Waals surface area contributed by atoms with E-state index in [1.807, 2.05) is 27.7 Å². The van der Waals surface area contributed by atoms with E-state index in [1.54, 1.807) is 0 Å². The first-order valence-corrected chi connectivity index (χ1v) is 10.5. The topological polar surface area (TPSA) is 180 Å². The molecule has 3 rings (SSSR count). The molecule has 1 spiro atoms. The van der Waals surface area contributed by atoms with Crippen LogP contribution in [0.1, 0.15) is 27.7 Å². The minimum absolute atomic E-state index is 0.844.